The smallest absolute Gasteiger partial charge is 0.138 e. The van der Waals surface area contributed by atoms with Crippen molar-refractivity contribution in [1.29, 1.82) is 0 Å². The van der Waals surface area contributed by atoms with Crippen molar-refractivity contribution in [2.75, 3.05) is 32.8 Å². The van der Waals surface area contributed by atoms with Gasteiger partial charge in [-0.1, -0.05) is 11.6 Å². The van der Waals surface area contributed by atoms with E-state index in [4.69, 9.17) is 9.26 Å². The summed E-state index contributed by atoms with van der Waals surface area (Å²) in [7, 11) is 0. The van der Waals surface area contributed by atoms with Gasteiger partial charge in [0.15, 0.2) is 0 Å². The van der Waals surface area contributed by atoms with E-state index < -0.39 is 0 Å². The number of nitrogens with one attached hydrogen (secondary N) is 1. The maximum absolute atomic E-state index is 5.63. The van der Waals surface area contributed by atoms with E-state index in [0.29, 0.717) is 0 Å². The molecule has 124 valence electrons. The van der Waals surface area contributed by atoms with E-state index in [1.165, 1.54) is 37.9 Å². The molecule has 2 aliphatic heterocycles. The summed E-state index contributed by atoms with van der Waals surface area (Å²) in [5.74, 6) is 0.934. The van der Waals surface area contributed by atoms with Gasteiger partial charge in [-0.25, -0.2) is 0 Å². The van der Waals surface area contributed by atoms with E-state index in [9.17, 15) is 0 Å². The minimum absolute atomic E-state index is 0.275. The van der Waals surface area contributed by atoms with Crippen LogP contribution in [0.3, 0.4) is 0 Å². The fourth-order valence-corrected chi connectivity index (χ4v) is 3.90. The van der Waals surface area contributed by atoms with Gasteiger partial charge in [-0.05, 0) is 52.6 Å². The summed E-state index contributed by atoms with van der Waals surface area (Å²) in [5, 5.41) is 7.72. The molecule has 0 atom stereocenters. The molecule has 5 heteroatoms. The molecule has 2 fully saturated rings. The minimum Gasteiger partial charge on any atom is -0.381 e. The molecule has 1 aromatic rings. The van der Waals surface area contributed by atoms with Crippen molar-refractivity contribution in [3.8, 4) is 0 Å². The van der Waals surface area contributed by atoms with Crippen LogP contribution >= 0.6 is 0 Å². The van der Waals surface area contributed by atoms with Gasteiger partial charge < -0.3 is 14.6 Å². The Kier molecular flexibility index (Phi) is 5.16. The molecule has 0 bridgehead atoms. The van der Waals surface area contributed by atoms with Gasteiger partial charge >= 0.3 is 0 Å². The Labute approximate surface area is 133 Å². The molecule has 0 radical (unpaired) electrons. The zero-order valence-corrected chi connectivity index (χ0v) is 14.0. The SMILES string of the molecule is Cc1noc(C)c1CNCC1(N2CCCCC2)CCOCC1. The second-order valence-corrected chi connectivity index (χ2v) is 6.79. The fraction of sp³-hybridized carbons (Fsp3) is 0.824. The molecule has 0 unspecified atom stereocenters. The van der Waals surface area contributed by atoms with E-state index in [0.717, 1.165) is 50.6 Å². The molecule has 3 rings (SSSR count). The molecular weight excluding hydrogens is 278 g/mol. The van der Waals surface area contributed by atoms with E-state index >= 15 is 0 Å². The highest BCUT2D eigenvalue weighted by molar-refractivity contribution is 5.20. The maximum atomic E-state index is 5.63. The standard InChI is InChI=1S/C17H29N3O2/c1-14-16(15(2)22-19-14)12-18-13-17(6-10-21-11-7-17)20-8-4-3-5-9-20/h18H,3-13H2,1-2H3. The molecule has 1 N–H and O–H groups in total. The van der Waals surface area contributed by atoms with Crippen molar-refractivity contribution in [3.05, 3.63) is 17.0 Å². The summed E-state index contributed by atoms with van der Waals surface area (Å²) in [6, 6.07) is 0. The van der Waals surface area contributed by atoms with Crippen molar-refractivity contribution >= 4 is 0 Å². The molecule has 3 heterocycles. The number of likely N-dealkylation sites (tertiary alicyclic amines) is 1. The molecule has 2 aliphatic rings. The topological polar surface area (TPSA) is 50.5 Å². The van der Waals surface area contributed by atoms with Crippen molar-refractivity contribution in [1.82, 2.24) is 15.4 Å². The zero-order chi connectivity index (χ0) is 15.4. The molecule has 0 saturated carbocycles. The average molecular weight is 307 g/mol. The molecule has 5 nitrogen and oxygen atoms in total. The molecule has 0 aromatic carbocycles. The Morgan fingerprint density at radius 3 is 2.50 bits per heavy atom. The maximum Gasteiger partial charge on any atom is 0.138 e. The first-order valence-electron chi connectivity index (χ1n) is 8.67. The Balaban J connectivity index is 1.62. The lowest BCUT2D eigenvalue weighted by Crippen LogP contribution is -2.59. The van der Waals surface area contributed by atoms with Crippen LogP contribution in [0.5, 0.6) is 0 Å². The van der Waals surface area contributed by atoms with Crippen LogP contribution in [0.1, 0.15) is 49.1 Å². The first-order chi connectivity index (χ1) is 10.7. The predicted octanol–water partition coefficient (Wildman–Crippen LogP) is 2.42. The number of hydrogen-bond acceptors (Lipinski definition) is 5. The summed E-state index contributed by atoms with van der Waals surface area (Å²) in [6.07, 6.45) is 6.34. The Morgan fingerprint density at radius 2 is 1.86 bits per heavy atom. The second kappa shape index (κ2) is 7.11. The van der Waals surface area contributed by atoms with Gasteiger partial charge in [-0.2, -0.15) is 0 Å². The zero-order valence-electron chi connectivity index (χ0n) is 14.0. The minimum atomic E-state index is 0.275. The van der Waals surface area contributed by atoms with Gasteiger partial charge in [0.1, 0.15) is 5.76 Å². The second-order valence-electron chi connectivity index (χ2n) is 6.79. The first kappa shape index (κ1) is 16.0. The lowest BCUT2D eigenvalue weighted by atomic mass is 9.86. The summed E-state index contributed by atoms with van der Waals surface area (Å²) in [5.41, 5.74) is 2.49. The van der Waals surface area contributed by atoms with Gasteiger partial charge in [0.2, 0.25) is 0 Å². The fourth-order valence-electron chi connectivity index (χ4n) is 3.90. The predicted molar refractivity (Wildman–Crippen MR) is 85.9 cm³/mol. The molecular formula is C17H29N3O2. The van der Waals surface area contributed by atoms with E-state index in [-0.39, 0.29) is 5.54 Å². The number of hydrogen-bond donors (Lipinski definition) is 1. The largest absolute Gasteiger partial charge is 0.381 e. The lowest BCUT2D eigenvalue weighted by molar-refractivity contribution is -0.0358. The van der Waals surface area contributed by atoms with Gasteiger partial charge in [-0.3, -0.25) is 4.90 Å². The van der Waals surface area contributed by atoms with Crippen LogP contribution < -0.4 is 5.32 Å². The van der Waals surface area contributed by atoms with Gasteiger partial charge in [0.05, 0.1) is 5.69 Å². The highest BCUT2D eigenvalue weighted by atomic mass is 16.5. The summed E-state index contributed by atoms with van der Waals surface area (Å²) in [4.78, 5) is 2.72. The average Bonchev–Trinajstić information content (AvgIpc) is 2.88. The Hall–Kier alpha value is -0.910. The molecule has 2 saturated heterocycles. The number of nitrogens with zero attached hydrogens (tertiary/aromatic N) is 2. The quantitative estimate of drug-likeness (QED) is 0.905. The summed E-state index contributed by atoms with van der Waals surface area (Å²) >= 11 is 0. The molecule has 0 amide bonds. The molecule has 22 heavy (non-hydrogen) atoms. The number of ether oxygens (including phenoxy) is 1. The van der Waals surface area contributed by atoms with Crippen LogP contribution in [0.4, 0.5) is 0 Å². The third-order valence-electron chi connectivity index (χ3n) is 5.39. The van der Waals surface area contributed by atoms with Crippen molar-refractivity contribution in [2.24, 2.45) is 0 Å². The number of aromatic nitrogens is 1. The van der Waals surface area contributed by atoms with E-state index in [1.807, 2.05) is 13.8 Å². The molecule has 1 aromatic heterocycles. The van der Waals surface area contributed by atoms with E-state index in [1.54, 1.807) is 0 Å². The van der Waals surface area contributed by atoms with Gasteiger partial charge in [-0.15, -0.1) is 0 Å². The molecule has 0 aliphatic carbocycles. The van der Waals surface area contributed by atoms with Crippen LogP contribution in [0, 0.1) is 13.8 Å². The van der Waals surface area contributed by atoms with Crippen molar-refractivity contribution in [3.63, 3.8) is 0 Å². The van der Waals surface area contributed by atoms with Crippen LogP contribution in [-0.2, 0) is 11.3 Å². The number of piperidine rings is 1. The highest BCUT2D eigenvalue weighted by Crippen LogP contribution is 2.30. The summed E-state index contributed by atoms with van der Waals surface area (Å²) in [6.45, 7) is 10.2. The van der Waals surface area contributed by atoms with E-state index in [2.05, 4.69) is 15.4 Å². The number of rotatable bonds is 5. The first-order valence-corrected chi connectivity index (χ1v) is 8.67. The lowest BCUT2D eigenvalue weighted by Gasteiger charge is -2.48. The van der Waals surface area contributed by atoms with Gasteiger partial charge in [0, 0.05) is 37.4 Å². The van der Waals surface area contributed by atoms with Crippen LogP contribution in [0.25, 0.3) is 0 Å². The normalized spacial score (nSPS) is 22.8. The number of aryl methyl sites for hydroxylation is 2. The van der Waals surface area contributed by atoms with Crippen LogP contribution in [0.2, 0.25) is 0 Å². The molecule has 0 spiro atoms. The van der Waals surface area contributed by atoms with Gasteiger partial charge in [0.25, 0.3) is 0 Å². The third kappa shape index (κ3) is 3.36. The monoisotopic (exact) mass is 307 g/mol. The summed E-state index contributed by atoms with van der Waals surface area (Å²) < 4.78 is 10.9. The van der Waals surface area contributed by atoms with Crippen molar-refractivity contribution < 1.29 is 9.26 Å². The Bertz CT molecular complexity index is 455. The van der Waals surface area contributed by atoms with Crippen LogP contribution in [0.15, 0.2) is 4.52 Å². The van der Waals surface area contributed by atoms with Crippen LogP contribution in [-0.4, -0.2) is 48.4 Å². The van der Waals surface area contributed by atoms with Crippen molar-refractivity contribution in [2.45, 2.75) is 58.0 Å². The Morgan fingerprint density at radius 1 is 1.14 bits per heavy atom. The highest BCUT2D eigenvalue weighted by Gasteiger charge is 2.38. The third-order valence-corrected chi connectivity index (χ3v) is 5.39.